The minimum atomic E-state index is -0.257. The number of hydrogen-bond acceptors (Lipinski definition) is 4. The first-order valence-corrected chi connectivity index (χ1v) is 10.4. The molecule has 0 aromatic carbocycles. The summed E-state index contributed by atoms with van der Waals surface area (Å²) in [6, 6.07) is 0.190. The highest BCUT2D eigenvalue weighted by molar-refractivity contribution is 7.17. The van der Waals surface area contributed by atoms with Crippen LogP contribution in [0.1, 0.15) is 78.7 Å². The molecule has 2 aromatic heterocycles. The van der Waals surface area contributed by atoms with E-state index in [0.717, 1.165) is 55.6 Å². The summed E-state index contributed by atoms with van der Waals surface area (Å²) in [6.07, 6.45) is 13.7. The van der Waals surface area contributed by atoms with E-state index in [9.17, 15) is 9.59 Å². The summed E-state index contributed by atoms with van der Waals surface area (Å²) in [7, 11) is 0. The van der Waals surface area contributed by atoms with Crippen molar-refractivity contribution in [2.75, 3.05) is 0 Å². The fraction of sp³-hybridized carbons (Fsp3) is 0.632. The summed E-state index contributed by atoms with van der Waals surface area (Å²) in [5.41, 5.74) is 1.07. The second-order valence-electron chi connectivity index (χ2n) is 7.29. The Morgan fingerprint density at radius 1 is 1.08 bits per heavy atom. The third-order valence-electron chi connectivity index (χ3n) is 5.49. The number of fused-ring (bicyclic) bond motifs is 3. The minimum absolute atomic E-state index is 0.187. The Balaban J connectivity index is 1.65. The van der Waals surface area contributed by atoms with Crippen molar-refractivity contribution in [1.82, 2.24) is 14.7 Å². The van der Waals surface area contributed by atoms with Crippen LogP contribution in [0.5, 0.6) is 0 Å². The lowest BCUT2D eigenvalue weighted by molar-refractivity contribution is 0.0931. The summed E-state index contributed by atoms with van der Waals surface area (Å²) in [5.74, 6) is -0.257. The van der Waals surface area contributed by atoms with E-state index < -0.39 is 0 Å². The maximum absolute atomic E-state index is 13.0. The Kier molecular flexibility index (Phi) is 4.88. The molecule has 2 aromatic rings. The molecule has 25 heavy (non-hydrogen) atoms. The van der Waals surface area contributed by atoms with Crippen LogP contribution in [-0.2, 0) is 12.8 Å². The van der Waals surface area contributed by atoms with Gasteiger partial charge in [0.1, 0.15) is 5.56 Å². The van der Waals surface area contributed by atoms with Gasteiger partial charge in [-0.15, -0.1) is 11.3 Å². The molecule has 2 aliphatic rings. The van der Waals surface area contributed by atoms with Gasteiger partial charge < -0.3 is 5.32 Å². The Morgan fingerprint density at radius 3 is 2.60 bits per heavy atom. The zero-order valence-corrected chi connectivity index (χ0v) is 15.4. The van der Waals surface area contributed by atoms with Gasteiger partial charge in [0.05, 0.1) is 0 Å². The van der Waals surface area contributed by atoms with E-state index in [1.165, 1.54) is 36.8 Å². The van der Waals surface area contributed by atoms with Crippen molar-refractivity contribution >= 4 is 22.2 Å². The van der Waals surface area contributed by atoms with Gasteiger partial charge in [-0.25, -0.2) is 4.98 Å². The third-order valence-corrected chi connectivity index (χ3v) is 6.64. The molecule has 4 rings (SSSR count). The zero-order valence-electron chi connectivity index (χ0n) is 14.6. The number of aromatic nitrogens is 2. The number of aryl methyl sites for hydroxylation is 2. The number of nitrogens with zero attached hydrogens (tertiary/aromatic N) is 2. The molecule has 1 saturated carbocycles. The van der Waals surface area contributed by atoms with Crippen LogP contribution in [0.15, 0.2) is 11.0 Å². The molecule has 1 amide bonds. The Bertz CT molecular complexity index is 831. The SMILES string of the molecule is O=C(NC1CCCCCC1)c1cnc2sc3c(n2c1=O)CCCCC3. The van der Waals surface area contributed by atoms with E-state index in [4.69, 9.17) is 0 Å². The van der Waals surface area contributed by atoms with Crippen molar-refractivity contribution in [2.45, 2.75) is 76.7 Å². The second kappa shape index (κ2) is 7.28. The fourth-order valence-electron chi connectivity index (χ4n) is 4.09. The first-order chi connectivity index (χ1) is 12.2. The highest BCUT2D eigenvalue weighted by atomic mass is 32.1. The van der Waals surface area contributed by atoms with Crippen molar-refractivity contribution in [3.8, 4) is 0 Å². The Labute approximate surface area is 151 Å². The Morgan fingerprint density at radius 2 is 1.80 bits per heavy atom. The minimum Gasteiger partial charge on any atom is -0.349 e. The van der Waals surface area contributed by atoms with Crippen molar-refractivity contribution in [3.63, 3.8) is 0 Å². The molecule has 0 radical (unpaired) electrons. The van der Waals surface area contributed by atoms with Gasteiger partial charge in [0.25, 0.3) is 11.5 Å². The maximum Gasteiger partial charge on any atom is 0.271 e. The van der Waals surface area contributed by atoms with E-state index in [1.807, 2.05) is 0 Å². The van der Waals surface area contributed by atoms with Crippen LogP contribution >= 0.6 is 11.3 Å². The predicted molar refractivity (Wildman–Crippen MR) is 99.6 cm³/mol. The van der Waals surface area contributed by atoms with Crippen LogP contribution in [0.3, 0.4) is 0 Å². The highest BCUT2D eigenvalue weighted by Crippen LogP contribution is 2.27. The second-order valence-corrected chi connectivity index (χ2v) is 8.35. The first-order valence-electron chi connectivity index (χ1n) is 9.57. The van der Waals surface area contributed by atoms with Crippen LogP contribution in [0.2, 0.25) is 0 Å². The van der Waals surface area contributed by atoms with Crippen molar-refractivity contribution < 1.29 is 4.79 Å². The molecule has 0 atom stereocenters. The van der Waals surface area contributed by atoms with Crippen molar-refractivity contribution in [2.24, 2.45) is 0 Å². The third kappa shape index (κ3) is 3.36. The van der Waals surface area contributed by atoms with Gasteiger partial charge in [0.15, 0.2) is 4.96 Å². The maximum atomic E-state index is 13.0. The smallest absolute Gasteiger partial charge is 0.271 e. The predicted octanol–water partition coefficient (Wildman–Crippen LogP) is 3.48. The quantitative estimate of drug-likeness (QED) is 0.659. The van der Waals surface area contributed by atoms with Gasteiger partial charge in [-0.05, 0) is 38.5 Å². The first kappa shape index (κ1) is 16.8. The van der Waals surface area contributed by atoms with E-state index in [0.29, 0.717) is 0 Å². The molecule has 5 nitrogen and oxygen atoms in total. The fourth-order valence-corrected chi connectivity index (χ4v) is 5.26. The van der Waals surface area contributed by atoms with Crippen molar-refractivity contribution in [3.05, 3.63) is 32.7 Å². The molecule has 2 heterocycles. The number of nitrogens with one attached hydrogen (secondary N) is 1. The number of carbonyl (C=O) groups excluding carboxylic acids is 1. The summed E-state index contributed by atoms with van der Waals surface area (Å²) in [6.45, 7) is 0. The number of rotatable bonds is 2. The average Bonchev–Trinajstić information content (AvgIpc) is 2.79. The van der Waals surface area contributed by atoms with Crippen LogP contribution < -0.4 is 10.9 Å². The monoisotopic (exact) mass is 359 g/mol. The summed E-state index contributed by atoms with van der Waals surface area (Å²) in [4.78, 5) is 32.1. The highest BCUT2D eigenvalue weighted by Gasteiger charge is 2.22. The molecular formula is C19H25N3O2S. The van der Waals surface area contributed by atoms with Gasteiger partial charge in [-0.2, -0.15) is 0 Å². The van der Waals surface area contributed by atoms with E-state index in [1.54, 1.807) is 15.7 Å². The molecular weight excluding hydrogens is 334 g/mol. The van der Waals surface area contributed by atoms with Crippen LogP contribution in [0, 0.1) is 0 Å². The summed E-state index contributed by atoms with van der Waals surface area (Å²) in [5, 5.41) is 3.08. The van der Waals surface area contributed by atoms with Crippen LogP contribution in [-0.4, -0.2) is 21.3 Å². The van der Waals surface area contributed by atoms with Crippen LogP contribution in [0.4, 0.5) is 0 Å². The molecule has 0 spiro atoms. The van der Waals surface area contributed by atoms with Crippen LogP contribution in [0.25, 0.3) is 4.96 Å². The topological polar surface area (TPSA) is 63.5 Å². The lowest BCUT2D eigenvalue weighted by Gasteiger charge is -2.15. The van der Waals surface area contributed by atoms with Gasteiger partial charge in [-0.3, -0.25) is 14.0 Å². The normalized spacial score (nSPS) is 19.2. The van der Waals surface area contributed by atoms with Gasteiger partial charge >= 0.3 is 0 Å². The molecule has 0 aliphatic heterocycles. The molecule has 6 heteroatoms. The molecule has 0 saturated heterocycles. The lowest BCUT2D eigenvalue weighted by Crippen LogP contribution is -2.38. The van der Waals surface area contributed by atoms with E-state index in [2.05, 4.69) is 10.3 Å². The lowest BCUT2D eigenvalue weighted by atomic mass is 10.1. The van der Waals surface area contributed by atoms with E-state index >= 15 is 0 Å². The molecule has 2 aliphatic carbocycles. The van der Waals surface area contributed by atoms with Gasteiger partial charge in [0, 0.05) is 22.8 Å². The number of carbonyl (C=O) groups is 1. The summed E-state index contributed by atoms with van der Waals surface area (Å²) < 4.78 is 1.70. The zero-order chi connectivity index (χ0) is 17.2. The van der Waals surface area contributed by atoms with Gasteiger partial charge in [0.2, 0.25) is 0 Å². The molecule has 134 valence electrons. The standard InChI is InChI=1S/C19H25N3O2S/c23-17(21-13-8-4-1-2-5-9-13)14-12-20-19-22(18(14)24)15-10-6-3-7-11-16(15)25-19/h12-13H,1-11H2,(H,21,23). The number of thiazole rings is 1. The number of hydrogen-bond donors (Lipinski definition) is 1. The molecule has 0 unspecified atom stereocenters. The molecule has 1 N–H and O–H groups in total. The van der Waals surface area contributed by atoms with Gasteiger partial charge in [-0.1, -0.05) is 32.1 Å². The van der Waals surface area contributed by atoms with Crippen molar-refractivity contribution in [1.29, 1.82) is 0 Å². The molecule has 1 fully saturated rings. The van der Waals surface area contributed by atoms with E-state index in [-0.39, 0.29) is 23.1 Å². The average molecular weight is 359 g/mol. The summed E-state index contributed by atoms with van der Waals surface area (Å²) >= 11 is 1.61. The largest absolute Gasteiger partial charge is 0.349 e. The number of amides is 1. The molecule has 0 bridgehead atoms. The Hall–Kier alpha value is -1.69.